The summed E-state index contributed by atoms with van der Waals surface area (Å²) < 4.78 is 0. The molecule has 0 aliphatic heterocycles. The molecule has 0 saturated heterocycles. The molecule has 1 saturated carbocycles. The number of hydrogen-bond donors (Lipinski definition) is 0. The third-order valence-electron chi connectivity index (χ3n) is 4.74. The Hall–Kier alpha value is -0.550. The molecular formula is C17H32N2. The lowest BCUT2D eigenvalue weighted by atomic mass is 9.77. The molecule has 0 bridgehead atoms. The lowest BCUT2D eigenvalue weighted by molar-refractivity contribution is 0.0964. The molecule has 0 spiro atoms. The summed E-state index contributed by atoms with van der Waals surface area (Å²) in [6, 6.07) is 3.12. The SMILES string of the molecule is CCCCN(CCCC)C1CC(CC)CCC1C#N. The largest absolute Gasteiger partial charge is 0.299 e. The van der Waals surface area contributed by atoms with E-state index in [1.54, 1.807) is 0 Å². The minimum atomic E-state index is 0.275. The first-order valence-electron chi connectivity index (χ1n) is 8.40. The molecule has 3 atom stereocenters. The average Bonchev–Trinajstić information content (AvgIpc) is 2.47. The Morgan fingerprint density at radius 2 is 1.68 bits per heavy atom. The van der Waals surface area contributed by atoms with Gasteiger partial charge < -0.3 is 0 Å². The van der Waals surface area contributed by atoms with Crippen LogP contribution >= 0.6 is 0 Å². The topological polar surface area (TPSA) is 27.0 Å². The van der Waals surface area contributed by atoms with Crippen LogP contribution in [0.1, 0.15) is 72.1 Å². The van der Waals surface area contributed by atoms with Gasteiger partial charge in [-0.2, -0.15) is 5.26 Å². The molecule has 3 unspecified atom stereocenters. The molecule has 1 aliphatic carbocycles. The highest BCUT2D eigenvalue weighted by atomic mass is 15.2. The van der Waals surface area contributed by atoms with Gasteiger partial charge in [0.05, 0.1) is 12.0 Å². The quantitative estimate of drug-likeness (QED) is 0.640. The molecule has 0 aromatic heterocycles. The first-order valence-corrected chi connectivity index (χ1v) is 8.40. The van der Waals surface area contributed by atoms with Gasteiger partial charge in [-0.25, -0.2) is 0 Å². The monoisotopic (exact) mass is 264 g/mol. The highest BCUT2D eigenvalue weighted by molar-refractivity contribution is 4.97. The van der Waals surface area contributed by atoms with Crippen LogP contribution in [-0.4, -0.2) is 24.0 Å². The molecular weight excluding hydrogens is 232 g/mol. The average molecular weight is 264 g/mol. The number of hydrogen-bond acceptors (Lipinski definition) is 2. The van der Waals surface area contributed by atoms with Crippen molar-refractivity contribution in [1.82, 2.24) is 4.90 Å². The molecule has 1 aliphatic rings. The maximum absolute atomic E-state index is 9.44. The van der Waals surface area contributed by atoms with Crippen molar-refractivity contribution in [2.75, 3.05) is 13.1 Å². The summed E-state index contributed by atoms with van der Waals surface area (Å²) in [4.78, 5) is 2.64. The molecule has 2 nitrogen and oxygen atoms in total. The molecule has 0 radical (unpaired) electrons. The Bertz CT molecular complexity index is 261. The third-order valence-corrected chi connectivity index (χ3v) is 4.74. The Morgan fingerprint density at radius 1 is 1.05 bits per heavy atom. The summed E-state index contributed by atoms with van der Waals surface area (Å²) >= 11 is 0. The predicted molar refractivity (Wildman–Crippen MR) is 81.9 cm³/mol. The van der Waals surface area contributed by atoms with Crippen molar-refractivity contribution in [1.29, 1.82) is 5.26 Å². The lowest BCUT2D eigenvalue weighted by Gasteiger charge is -2.40. The van der Waals surface area contributed by atoms with Gasteiger partial charge in [-0.05, 0) is 51.1 Å². The number of rotatable bonds is 8. The van der Waals surface area contributed by atoms with Gasteiger partial charge in [0.15, 0.2) is 0 Å². The Kier molecular flexibility index (Phi) is 8.14. The normalized spacial score (nSPS) is 27.4. The van der Waals surface area contributed by atoms with Crippen molar-refractivity contribution >= 4 is 0 Å². The zero-order chi connectivity index (χ0) is 14.1. The van der Waals surface area contributed by atoms with Gasteiger partial charge in [-0.15, -0.1) is 0 Å². The van der Waals surface area contributed by atoms with Gasteiger partial charge in [0, 0.05) is 6.04 Å². The zero-order valence-electron chi connectivity index (χ0n) is 13.2. The van der Waals surface area contributed by atoms with Crippen molar-refractivity contribution < 1.29 is 0 Å². The van der Waals surface area contributed by atoms with E-state index in [9.17, 15) is 5.26 Å². The van der Waals surface area contributed by atoms with Gasteiger partial charge in [0.25, 0.3) is 0 Å². The van der Waals surface area contributed by atoms with Crippen LogP contribution in [0.2, 0.25) is 0 Å². The van der Waals surface area contributed by atoms with Crippen LogP contribution in [0.25, 0.3) is 0 Å². The molecule has 19 heavy (non-hydrogen) atoms. The Balaban J connectivity index is 2.67. The molecule has 2 heteroatoms. The molecule has 0 N–H and O–H groups in total. The number of nitrogens with zero attached hydrogens (tertiary/aromatic N) is 2. The lowest BCUT2D eigenvalue weighted by Crippen LogP contribution is -2.45. The minimum absolute atomic E-state index is 0.275. The molecule has 0 aromatic carbocycles. The van der Waals surface area contributed by atoms with Crippen LogP contribution in [-0.2, 0) is 0 Å². The molecule has 0 amide bonds. The highest BCUT2D eigenvalue weighted by Gasteiger charge is 2.33. The van der Waals surface area contributed by atoms with Crippen LogP contribution in [0.3, 0.4) is 0 Å². The third kappa shape index (κ3) is 5.15. The van der Waals surface area contributed by atoms with E-state index in [1.807, 2.05) is 0 Å². The summed E-state index contributed by atoms with van der Waals surface area (Å²) in [5.74, 6) is 1.12. The van der Waals surface area contributed by atoms with E-state index in [-0.39, 0.29) is 5.92 Å². The second-order valence-corrected chi connectivity index (χ2v) is 6.13. The summed E-state index contributed by atoms with van der Waals surface area (Å²) in [5.41, 5.74) is 0. The Labute approximate surface area is 120 Å². The smallest absolute Gasteiger partial charge is 0.0672 e. The fourth-order valence-electron chi connectivity index (χ4n) is 3.32. The number of nitriles is 1. The zero-order valence-corrected chi connectivity index (χ0v) is 13.2. The van der Waals surface area contributed by atoms with Gasteiger partial charge >= 0.3 is 0 Å². The summed E-state index contributed by atoms with van der Waals surface area (Å²) in [6.07, 6.45) is 9.97. The molecule has 0 aromatic rings. The fourth-order valence-corrected chi connectivity index (χ4v) is 3.32. The van der Waals surface area contributed by atoms with Crippen molar-refractivity contribution in [3.8, 4) is 6.07 Å². The van der Waals surface area contributed by atoms with Gasteiger partial charge in [-0.3, -0.25) is 4.90 Å². The fraction of sp³-hybridized carbons (Fsp3) is 0.941. The first kappa shape index (κ1) is 16.5. The van der Waals surface area contributed by atoms with E-state index in [2.05, 4.69) is 31.7 Å². The van der Waals surface area contributed by atoms with Gasteiger partial charge in [-0.1, -0.05) is 40.0 Å². The van der Waals surface area contributed by atoms with Gasteiger partial charge in [0.2, 0.25) is 0 Å². The summed E-state index contributed by atoms with van der Waals surface area (Å²) in [5, 5.41) is 9.44. The van der Waals surface area contributed by atoms with Crippen molar-refractivity contribution in [2.24, 2.45) is 11.8 Å². The van der Waals surface area contributed by atoms with Crippen LogP contribution < -0.4 is 0 Å². The van der Waals surface area contributed by atoms with Crippen LogP contribution in [0.15, 0.2) is 0 Å². The predicted octanol–water partition coefficient (Wildman–Crippen LogP) is 4.61. The second kappa shape index (κ2) is 9.37. The molecule has 0 heterocycles. The summed E-state index contributed by atoms with van der Waals surface area (Å²) in [6.45, 7) is 9.20. The Morgan fingerprint density at radius 3 is 2.16 bits per heavy atom. The summed E-state index contributed by atoms with van der Waals surface area (Å²) in [7, 11) is 0. The van der Waals surface area contributed by atoms with Crippen molar-refractivity contribution in [3.05, 3.63) is 0 Å². The maximum Gasteiger partial charge on any atom is 0.0672 e. The highest BCUT2D eigenvalue weighted by Crippen LogP contribution is 2.34. The van der Waals surface area contributed by atoms with E-state index in [0.717, 1.165) is 12.3 Å². The minimum Gasteiger partial charge on any atom is -0.299 e. The van der Waals surface area contributed by atoms with E-state index in [1.165, 1.54) is 58.0 Å². The second-order valence-electron chi connectivity index (χ2n) is 6.13. The molecule has 1 rings (SSSR count). The standard InChI is InChI=1S/C17H32N2/c1-4-7-11-19(12-8-5-2)17-13-15(6-3)9-10-16(17)14-18/h15-17H,4-13H2,1-3H3. The van der Waals surface area contributed by atoms with Gasteiger partial charge in [0.1, 0.15) is 0 Å². The molecule has 110 valence electrons. The van der Waals surface area contributed by atoms with E-state index < -0.39 is 0 Å². The van der Waals surface area contributed by atoms with Crippen LogP contribution in [0, 0.1) is 23.2 Å². The van der Waals surface area contributed by atoms with E-state index in [4.69, 9.17) is 0 Å². The van der Waals surface area contributed by atoms with Crippen molar-refractivity contribution in [2.45, 2.75) is 78.2 Å². The van der Waals surface area contributed by atoms with Crippen LogP contribution in [0.4, 0.5) is 0 Å². The molecule has 1 fully saturated rings. The maximum atomic E-state index is 9.44. The van der Waals surface area contributed by atoms with Crippen molar-refractivity contribution in [3.63, 3.8) is 0 Å². The number of unbranched alkanes of at least 4 members (excludes halogenated alkanes) is 2. The first-order chi connectivity index (χ1) is 9.26. The van der Waals surface area contributed by atoms with E-state index >= 15 is 0 Å². The van der Waals surface area contributed by atoms with E-state index in [0.29, 0.717) is 6.04 Å². The van der Waals surface area contributed by atoms with Crippen LogP contribution in [0.5, 0.6) is 0 Å².